The van der Waals surface area contributed by atoms with E-state index in [-0.39, 0.29) is 0 Å². The van der Waals surface area contributed by atoms with E-state index in [0.717, 1.165) is 5.56 Å². The van der Waals surface area contributed by atoms with E-state index in [1.54, 1.807) is 6.08 Å². The Morgan fingerprint density at radius 3 is 2.17 bits per heavy atom. The quantitative estimate of drug-likeness (QED) is 0.631. The third kappa shape index (κ3) is 5.18. The first-order valence-electron chi connectivity index (χ1n) is 7.77. The first kappa shape index (κ1) is 19.4. The number of hydrogen-bond donors (Lipinski definition) is 1. The Morgan fingerprint density at radius 2 is 1.70 bits per heavy atom. The molecule has 4 heteroatoms. The molecule has 1 N–H and O–H groups in total. The summed E-state index contributed by atoms with van der Waals surface area (Å²) >= 11 is 0. The van der Waals surface area contributed by atoms with E-state index in [9.17, 15) is 9.90 Å². The van der Waals surface area contributed by atoms with Gasteiger partial charge >= 0.3 is 5.97 Å². The van der Waals surface area contributed by atoms with E-state index in [0.29, 0.717) is 0 Å². The molecule has 3 nitrogen and oxygen atoms in total. The smallest absolute Gasteiger partial charge is 0.342 e. The van der Waals surface area contributed by atoms with Crippen molar-refractivity contribution in [3.05, 3.63) is 53.7 Å². The third-order valence-electron chi connectivity index (χ3n) is 3.80. The molecule has 0 aliphatic heterocycles. The topological polar surface area (TPSA) is 46.5 Å². The van der Waals surface area contributed by atoms with Gasteiger partial charge in [0.2, 0.25) is 0 Å². The van der Waals surface area contributed by atoms with Crippen LogP contribution < -0.4 is 0 Å². The highest BCUT2D eigenvalue weighted by Crippen LogP contribution is 2.36. The molecule has 0 radical (unpaired) electrons. The molecular formula is C19H28O3Si. The molecular weight excluding hydrogens is 304 g/mol. The van der Waals surface area contributed by atoms with E-state index >= 15 is 0 Å². The Balaban J connectivity index is 3.24. The number of methoxy groups -OCH3 is 1. The number of ether oxygens (including phenoxy) is 1. The second-order valence-corrected chi connectivity index (χ2v) is 12.5. The summed E-state index contributed by atoms with van der Waals surface area (Å²) in [5.74, 6) is -0.657. The molecule has 23 heavy (non-hydrogen) atoms. The summed E-state index contributed by atoms with van der Waals surface area (Å²) < 4.78 is 4.86. The lowest BCUT2D eigenvalue weighted by Crippen LogP contribution is -2.49. The van der Waals surface area contributed by atoms with Gasteiger partial charge in [0, 0.05) is 5.41 Å². The summed E-state index contributed by atoms with van der Waals surface area (Å²) in [4.78, 5) is 12.3. The van der Waals surface area contributed by atoms with Gasteiger partial charge in [0.25, 0.3) is 0 Å². The monoisotopic (exact) mass is 332 g/mol. The molecule has 0 unspecified atom stereocenters. The van der Waals surface area contributed by atoms with E-state index in [2.05, 4.69) is 25.3 Å². The minimum absolute atomic E-state index is 0.657. The van der Waals surface area contributed by atoms with Crippen molar-refractivity contribution in [1.29, 1.82) is 0 Å². The van der Waals surface area contributed by atoms with Crippen molar-refractivity contribution in [1.82, 2.24) is 0 Å². The fourth-order valence-electron chi connectivity index (χ4n) is 2.07. The molecule has 126 valence electrons. The molecule has 0 fully saturated rings. The minimum atomic E-state index is -1.73. The lowest BCUT2D eigenvalue weighted by Gasteiger charge is -2.36. The number of hydrogen-bond acceptors (Lipinski definition) is 3. The number of rotatable bonds is 6. The summed E-state index contributed by atoms with van der Waals surface area (Å²) in [5, 5.41) is 11.1. The molecule has 0 amide bonds. The second kappa shape index (κ2) is 7.28. The molecule has 0 spiro atoms. The highest BCUT2D eigenvalue weighted by molar-refractivity contribution is 6.80. The first-order chi connectivity index (χ1) is 10.5. The van der Waals surface area contributed by atoms with Gasteiger partial charge in [-0.25, -0.2) is 4.79 Å². The number of esters is 1. The fourth-order valence-corrected chi connectivity index (χ4v) is 2.98. The van der Waals surface area contributed by atoms with Crippen LogP contribution in [0.5, 0.6) is 0 Å². The van der Waals surface area contributed by atoms with Crippen LogP contribution in [0.2, 0.25) is 19.6 Å². The standard InChI is InChI=1S/C19H28O3Si/c1-18(2,14-15-23(4,5)6)19(21,17(20)22-3)13-12-16-10-8-7-9-11-16/h7-15,21H,1-6H3/b13-12+,15-14+/t19-/m0/s1. The highest BCUT2D eigenvalue weighted by atomic mass is 28.3. The van der Waals surface area contributed by atoms with E-state index < -0.39 is 25.1 Å². The van der Waals surface area contributed by atoms with E-state index in [4.69, 9.17) is 4.74 Å². The Bertz CT molecular complexity index is 582. The first-order valence-corrected chi connectivity index (χ1v) is 11.3. The molecule has 1 aromatic rings. The van der Waals surface area contributed by atoms with Gasteiger partial charge in [0.05, 0.1) is 15.2 Å². The largest absolute Gasteiger partial charge is 0.467 e. The zero-order valence-electron chi connectivity index (χ0n) is 15.0. The number of aliphatic hydroxyl groups is 1. The fraction of sp³-hybridized carbons (Fsp3) is 0.421. The average molecular weight is 333 g/mol. The summed E-state index contributed by atoms with van der Waals surface area (Å²) in [6.07, 6.45) is 5.22. The summed E-state index contributed by atoms with van der Waals surface area (Å²) in [6.45, 7) is 10.3. The molecule has 0 heterocycles. The number of benzene rings is 1. The van der Waals surface area contributed by atoms with Crippen LogP contribution in [0, 0.1) is 5.41 Å². The lowest BCUT2D eigenvalue weighted by molar-refractivity contribution is -0.164. The van der Waals surface area contributed by atoms with Crippen molar-refractivity contribution < 1.29 is 14.6 Å². The maximum atomic E-state index is 12.3. The van der Waals surface area contributed by atoms with Gasteiger partial charge in [-0.1, -0.05) is 81.7 Å². The Hall–Kier alpha value is -1.65. The van der Waals surface area contributed by atoms with Gasteiger partial charge in [-0.2, -0.15) is 0 Å². The predicted molar refractivity (Wildman–Crippen MR) is 98.7 cm³/mol. The Labute approximate surface area is 140 Å². The third-order valence-corrected chi connectivity index (χ3v) is 4.96. The molecule has 1 rings (SSSR count). The molecule has 0 saturated carbocycles. The highest BCUT2D eigenvalue weighted by Gasteiger charge is 2.47. The number of carbonyl (C=O) groups excluding carboxylic acids is 1. The van der Waals surface area contributed by atoms with E-state index in [1.165, 1.54) is 13.2 Å². The van der Waals surface area contributed by atoms with Crippen molar-refractivity contribution >= 4 is 20.1 Å². The van der Waals surface area contributed by atoms with Gasteiger partial charge in [-0.05, 0) is 11.6 Å². The van der Waals surface area contributed by atoms with Crippen LogP contribution in [0.3, 0.4) is 0 Å². The van der Waals surface area contributed by atoms with Crippen LogP contribution in [0.1, 0.15) is 19.4 Å². The van der Waals surface area contributed by atoms with Crippen molar-refractivity contribution in [2.75, 3.05) is 7.11 Å². The van der Waals surface area contributed by atoms with Crippen LogP contribution in [-0.4, -0.2) is 31.9 Å². The van der Waals surface area contributed by atoms with Crippen LogP contribution in [0.4, 0.5) is 0 Å². The van der Waals surface area contributed by atoms with Gasteiger partial charge in [0.15, 0.2) is 5.60 Å². The molecule has 0 aromatic heterocycles. The Morgan fingerprint density at radius 1 is 1.13 bits per heavy atom. The Kier molecular flexibility index (Phi) is 6.14. The van der Waals surface area contributed by atoms with E-state index in [1.807, 2.05) is 50.3 Å². The summed E-state index contributed by atoms with van der Waals surface area (Å²) in [7, 11) is -0.152. The van der Waals surface area contributed by atoms with Crippen molar-refractivity contribution in [3.8, 4) is 0 Å². The van der Waals surface area contributed by atoms with Crippen LogP contribution in [0.15, 0.2) is 48.2 Å². The summed E-state index contributed by atoms with van der Waals surface area (Å²) in [6, 6.07) is 9.57. The van der Waals surface area contributed by atoms with Gasteiger partial charge in [0.1, 0.15) is 0 Å². The normalized spacial score (nSPS) is 15.8. The van der Waals surface area contributed by atoms with Crippen molar-refractivity contribution in [2.24, 2.45) is 5.41 Å². The molecule has 0 aliphatic rings. The predicted octanol–water partition coefficient (Wildman–Crippen LogP) is 4.06. The zero-order chi connectivity index (χ0) is 17.7. The van der Waals surface area contributed by atoms with Crippen LogP contribution in [-0.2, 0) is 9.53 Å². The number of carbonyl (C=O) groups is 1. The van der Waals surface area contributed by atoms with Gasteiger partial charge in [-0.15, -0.1) is 0 Å². The summed E-state index contributed by atoms with van der Waals surface area (Å²) in [5.41, 5.74) is 0.538. The molecule has 0 bridgehead atoms. The average Bonchev–Trinajstić information content (AvgIpc) is 2.50. The van der Waals surface area contributed by atoms with Crippen molar-refractivity contribution in [3.63, 3.8) is 0 Å². The molecule has 1 atom stereocenters. The van der Waals surface area contributed by atoms with Crippen molar-refractivity contribution in [2.45, 2.75) is 39.1 Å². The van der Waals surface area contributed by atoms with Gasteiger partial charge in [-0.3, -0.25) is 0 Å². The van der Waals surface area contributed by atoms with Crippen LogP contribution >= 0.6 is 0 Å². The molecule has 1 aromatic carbocycles. The van der Waals surface area contributed by atoms with Gasteiger partial charge < -0.3 is 9.84 Å². The second-order valence-electron chi connectivity index (χ2n) is 7.42. The maximum Gasteiger partial charge on any atom is 0.342 e. The van der Waals surface area contributed by atoms with Crippen LogP contribution in [0.25, 0.3) is 6.08 Å². The maximum absolute atomic E-state index is 12.3. The SMILES string of the molecule is COC(=O)[C@@](O)(/C=C/c1ccccc1)C(C)(C)/C=C/[Si](C)(C)C. The lowest BCUT2D eigenvalue weighted by atomic mass is 9.74. The molecule has 0 saturated heterocycles. The molecule has 0 aliphatic carbocycles. The minimum Gasteiger partial charge on any atom is -0.467 e. The zero-order valence-corrected chi connectivity index (χ0v) is 16.0.